The highest BCUT2D eigenvalue weighted by molar-refractivity contribution is 5.76. The topological polar surface area (TPSA) is 40.5 Å². The van der Waals surface area contributed by atoms with Gasteiger partial charge in [-0.25, -0.2) is 0 Å². The highest BCUT2D eigenvalue weighted by atomic mass is 16.2. The Morgan fingerprint density at radius 1 is 1.29 bits per heavy atom. The number of amides is 1. The van der Waals surface area contributed by atoms with Crippen LogP contribution in [0.4, 0.5) is 0 Å². The fourth-order valence-corrected chi connectivity index (χ4v) is 2.72. The Morgan fingerprint density at radius 2 is 2.05 bits per heavy atom. The van der Waals surface area contributed by atoms with Crippen LogP contribution in [0.5, 0.6) is 0 Å². The number of nitrogens with zero attached hydrogens (tertiary/aromatic N) is 1. The van der Waals surface area contributed by atoms with Gasteiger partial charge >= 0.3 is 0 Å². The minimum absolute atomic E-state index is 0.122. The zero-order valence-corrected chi connectivity index (χ0v) is 12.6. The van der Waals surface area contributed by atoms with E-state index < -0.39 is 0 Å². The molecule has 1 aromatic rings. The first-order chi connectivity index (χ1) is 10.2. The van der Waals surface area contributed by atoms with Crippen LogP contribution in [0.15, 0.2) is 24.3 Å². The van der Waals surface area contributed by atoms with Gasteiger partial charge in [-0.1, -0.05) is 37.3 Å². The molecule has 1 heterocycles. The van der Waals surface area contributed by atoms with E-state index in [-0.39, 0.29) is 12.5 Å². The maximum Gasteiger partial charge on any atom is 0.222 e. The zero-order valence-electron chi connectivity index (χ0n) is 12.6. The van der Waals surface area contributed by atoms with Gasteiger partial charge in [0.15, 0.2) is 0 Å². The summed E-state index contributed by atoms with van der Waals surface area (Å²) >= 11 is 0. The predicted molar refractivity (Wildman–Crippen MR) is 83.5 cm³/mol. The maximum atomic E-state index is 12.2. The molecule has 1 aliphatic rings. The lowest BCUT2D eigenvalue weighted by atomic mass is 9.98. The average molecular weight is 285 g/mol. The van der Waals surface area contributed by atoms with Crippen molar-refractivity contribution in [3.05, 3.63) is 35.4 Å². The molecular formula is C18H23NO2. The van der Waals surface area contributed by atoms with E-state index in [1.165, 1.54) is 6.42 Å². The second-order valence-corrected chi connectivity index (χ2v) is 5.57. The van der Waals surface area contributed by atoms with Gasteiger partial charge in [0.05, 0.1) is 0 Å². The molecule has 1 N–H and O–H groups in total. The number of benzene rings is 1. The Balaban J connectivity index is 1.98. The Morgan fingerprint density at radius 3 is 2.71 bits per heavy atom. The first-order valence-electron chi connectivity index (χ1n) is 7.69. The van der Waals surface area contributed by atoms with E-state index in [0.717, 1.165) is 30.5 Å². The lowest BCUT2D eigenvalue weighted by molar-refractivity contribution is -0.131. The monoisotopic (exact) mass is 285 g/mol. The van der Waals surface area contributed by atoms with Crippen LogP contribution in [0, 0.1) is 17.8 Å². The molecular weight excluding hydrogens is 262 g/mol. The molecule has 0 radical (unpaired) electrons. The molecule has 0 aliphatic carbocycles. The lowest BCUT2D eigenvalue weighted by Gasteiger charge is -2.21. The van der Waals surface area contributed by atoms with Gasteiger partial charge in [-0.3, -0.25) is 4.79 Å². The zero-order chi connectivity index (χ0) is 15.1. The molecule has 112 valence electrons. The highest BCUT2D eigenvalue weighted by Crippen LogP contribution is 2.22. The second-order valence-electron chi connectivity index (χ2n) is 5.57. The van der Waals surface area contributed by atoms with Crippen LogP contribution >= 0.6 is 0 Å². The van der Waals surface area contributed by atoms with Crippen LogP contribution in [0.2, 0.25) is 0 Å². The number of aliphatic hydroxyl groups excluding tert-OH is 1. The summed E-state index contributed by atoms with van der Waals surface area (Å²) in [7, 11) is 0. The van der Waals surface area contributed by atoms with Crippen LogP contribution in [-0.2, 0) is 11.3 Å². The summed E-state index contributed by atoms with van der Waals surface area (Å²) in [5, 5.41) is 8.68. The molecule has 1 aliphatic heterocycles. The number of hydrogen-bond donors (Lipinski definition) is 1. The molecule has 0 aromatic heterocycles. The minimum Gasteiger partial charge on any atom is -0.384 e. The molecule has 1 unspecified atom stereocenters. The molecule has 21 heavy (non-hydrogen) atoms. The van der Waals surface area contributed by atoms with Crippen LogP contribution in [-0.4, -0.2) is 29.1 Å². The number of aliphatic hydroxyl groups is 1. The summed E-state index contributed by atoms with van der Waals surface area (Å²) in [6.45, 7) is 3.63. The van der Waals surface area contributed by atoms with E-state index in [0.29, 0.717) is 18.9 Å². The van der Waals surface area contributed by atoms with Crippen molar-refractivity contribution in [1.82, 2.24) is 4.90 Å². The normalized spacial score (nSPS) is 18.9. The number of hydrogen-bond acceptors (Lipinski definition) is 2. The number of likely N-dealkylation sites (tertiary alicyclic amines) is 1. The lowest BCUT2D eigenvalue weighted by Crippen LogP contribution is -2.29. The van der Waals surface area contributed by atoms with Crippen molar-refractivity contribution in [1.29, 1.82) is 0 Å². The minimum atomic E-state index is -0.122. The van der Waals surface area contributed by atoms with Gasteiger partial charge in [-0.2, -0.15) is 0 Å². The number of carbonyl (C=O) groups excluding carboxylic acids is 1. The largest absolute Gasteiger partial charge is 0.384 e. The summed E-state index contributed by atoms with van der Waals surface area (Å²) in [6.07, 6.45) is 3.99. The van der Waals surface area contributed by atoms with E-state index in [1.54, 1.807) is 0 Å². The fourth-order valence-electron chi connectivity index (χ4n) is 2.72. The Bertz CT molecular complexity index is 524. The van der Waals surface area contributed by atoms with Crippen molar-refractivity contribution in [2.75, 3.05) is 13.2 Å². The number of carbonyl (C=O) groups is 1. The molecule has 1 atom stereocenters. The molecule has 1 amide bonds. The third-order valence-electron chi connectivity index (χ3n) is 4.14. The third-order valence-corrected chi connectivity index (χ3v) is 4.14. The summed E-state index contributed by atoms with van der Waals surface area (Å²) in [5.41, 5.74) is 2.02. The smallest absolute Gasteiger partial charge is 0.222 e. The van der Waals surface area contributed by atoms with Crippen molar-refractivity contribution in [3.63, 3.8) is 0 Å². The van der Waals surface area contributed by atoms with Gasteiger partial charge in [0.25, 0.3) is 0 Å². The summed E-state index contributed by atoms with van der Waals surface area (Å²) in [4.78, 5) is 14.1. The van der Waals surface area contributed by atoms with Crippen molar-refractivity contribution in [2.24, 2.45) is 5.92 Å². The highest BCUT2D eigenvalue weighted by Gasteiger charge is 2.21. The Labute approximate surface area is 127 Å². The maximum absolute atomic E-state index is 12.2. The third kappa shape index (κ3) is 4.61. The first kappa shape index (κ1) is 15.6. The van der Waals surface area contributed by atoms with Crippen LogP contribution < -0.4 is 0 Å². The van der Waals surface area contributed by atoms with Crippen molar-refractivity contribution >= 4 is 5.91 Å². The molecule has 0 bridgehead atoms. The van der Waals surface area contributed by atoms with Crippen molar-refractivity contribution < 1.29 is 9.90 Å². The van der Waals surface area contributed by atoms with Gasteiger partial charge < -0.3 is 10.0 Å². The second kappa shape index (κ2) is 7.85. The first-order valence-corrected chi connectivity index (χ1v) is 7.69. The van der Waals surface area contributed by atoms with E-state index in [4.69, 9.17) is 5.11 Å². The van der Waals surface area contributed by atoms with Crippen LogP contribution in [0.1, 0.15) is 43.7 Å². The van der Waals surface area contributed by atoms with Crippen molar-refractivity contribution in [3.8, 4) is 11.8 Å². The molecule has 3 nitrogen and oxygen atoms in total. The van der Waals surface area contributed by atoms with E-state index >= 15 is 0 Å². The van der Waals surface area contributed by atoms with Crippen LogP contribution in [0.25, 0.3) is 0 Å². The van der Waals surface area contributed by atoms with Gasteiger partial charge in [-0.15, -0.1) is 0 Å². The van der Waals surface area contributed by atoms with E-state index in [9.17, 15) is 4.79 Å². The summed E-state index contributed by atoms with van der Waals surface area (Å²) in [6, 6.07) is 7.90. The average Bonchev–Trinajstić information content (AvgIpc) is 2.69. The van der Waals surface area contributed by atoms with Gasteiger partial charge in [0.2, 0.25) is 5.91 Å². The Kier molecular flexibility index (Phi) is 5.83. The number of rotatable bonds is 3. The predicted octanol–water partition coefficient (Wildman–Crippen LogP) is 2.57. The summed E-state index contributed by atoms with van der Waals surface area (Å²) in [5.74, 6) is 6.47. The fraction of sp³-hybridized carbons (Fsp3) is 0.500. The SMILES string of the molecule is CCC1CCC(=O)N(Cc2ccc(C#CCO)cc2)CC1. The quantitative estimate of drug-likeness (QED) is 0.867. The van der Waals surface area contributed by atoms with Gasteiger partial charge in [0.1, 0.15) is 6.61 Å². The molecule has 0 spiro atoms. The molecule has 0 saturated carbocycles. The standard InChI is InChI=1S/C18H23NO2/c1-2-15-9-10-18(21)19(12-11-15)14-17-7-5-16(6-8-17)4-3-13-20/h5-8,15,20H,2,9-14H2,1H3. The van der Waals surface area contributed by atoms with E-state index in [1.807, 2.05) is 29.2 Å². The molecule has 1 fully saturated rings. The van der Waals surface area contributed by atoms with Crippen molar-refractivity contribution in [2.45, 2.75) is 39.2 Å². The Hall–Kier alpha value is -1.79. The summed E-state index contributed by atoms with van der Waals surface area (Å²) < 4.78 is 0. The van der Waals surface area contributed by atoms with Gasteiger partial charge in [0, 0.05) is 25.1 Å². The molecule has 2 rings (SSSR count). The van der Waals surface area contributed by atoms with Gasteiger partial charge in [-0.05, 0) is 36.5 Å². The molecule has 1 saturated heterocycles. The van der Waals surface area contributed by atoms with E-state index in [2.05, 4.69) is 18.8 Å². The molecule has 3 heteroatoms. The van der Waals surface area contributed by atoms with Crippen LogP contribution in [0.3, 0.4) is 0 Å². The molecule has 1 aromatic carbocycles.